The molecule has 0 saturated carbocycles. The smallest absolute Gasteiger partial charge is 0.332 e. The lowest BCUT2D eigenvalue weighted by molar-refractivity contribution is -0.0408. The van der Waals surface area contributed by atoms with Gasteiger partial charge in [0.1, 0.15) is 12.2 Å². The Bertz CT molecular complexity index is 704. The van der Waals surface area contributed by atoms with Gasteiger partial charge in [0.05, 0.1) is 6.10 Å². The quantitative estimate of drug-likeness (QED) is 0.710. The third kappa shape index (κ3) is 3.43. The highest BCUT2D eigenvalue weighted by atomic mass is 31.2. The number of aliphatic hydroxyl groups excluding tert-OH is 2. The first kappa shape index (κ1) is 17.2. The maximum absolute atomic E-state index is 12.1. The molecule has 0 unspecified atom stereocenters. The molecule has 1 saturated heterocycles. The van der Waals surface area contributed by atoms with Crippen LogP contribution in [0.5, 0.6) is 0 Å². The van der Waals surface area contributed by atoms with E-state index in [0.717, 1.165) is 15.3 Å². The number of aliphatic hydroxyl groups is 2. The highest BCUT2D eigenvalue weighted by Crippen LogP contribution is 2.39. The van der Waals surface area contributed by atoms with Crippen LogP contribution in [0.2, 0.25) is 0 Å². The Morgan fingerprint density at radius 3 is 2.55 bits per heavy atom. The Kier molecular flexibility index (Phi) is 4.82. The second kappa shape index (κ2) is 6.16. The molecule has 0 spiro atoms. The van der Waals surface area contributed by atoms with Crippen LogP contribution in [-0.4, -0.2) is 63.5 Å². The largest absolute Gasteiger partial charge is 0.388 e. The fourth-order valence-electron chi connectivity index (χ4n) is 2.46. The zero-order chi connectivity index (χ0) is 16.7. The number of hydrogen-bond acceptors (Lipinski definition) is 5. The Labute approximate surface area is 128 Å². The third-order valence-corrected chi connectivity index (χ3v) is 5.32. The van der Waals surface area contributed by atoms with Gasteiger partial charge in [0.25, 0.3) is 5.56 Å². The van der Waals surface area contributed by atoms with Crippen LogP contribution in [0.15, 0.2) is 21.9 Å². The zero-order valence-corrected chi connectivity index (χ0v) is 13.9. The van der Waals surface area contributed by atoms with Crippen molar-refractivity contribution < 1.29 is 14.9 Å². The average molecular weight is 330 g/mol. The van der Waals surface area contributed by atoms with E-state index in [-0.39, 0.29) is 0 Å². The SMILES string of the molecule is C=P(C)(C)CC[C@H]1O[C@@H](n2ccc(=O)n(C)c2=O)[C@H](O)[C@@H]1O. The van der Waals surface area contributed by atoms with Crippen molar-refractivity contribution in [2.45, 2.75) is 31.0 Å². The van der Waals surface area contributed by atoms with Crippen molar-refractivity contribution >= 4 is 13.2 Å². The van der Waals surface area contributed by atoms with Crippen LogP contribution < -0.4 is 11.2 Å². The molecule has 0 radical (unpaired) electrons. The van der Waals surface area contributed by atoms with Gasteiger partial charge in [0.2, 0.25) is 0 Å². The fraction of sp³-hybridized carbons (Fsp3) is 0.643. The summed E-state index contributed by atoms with van der Waals surface area (Å²) in [5.74, 6) is 0. The molecule has 4 atom stereocenters. The summed E-state index contributed by atoms with van der Waals surface area (Å²) in [6, 6.07) is 1.22. The summed E-state index contributed by atoms with van der Waals surface area (Å²) in [6.07, 6.45) is 2.94. The first-order valence-electron chi connectivity index (χ1n) is 7.09. The molecule has 2 heterocycles. The van der Waals surface area contributed by atoms with Crippen molar-refractivity contribution in [1.82, 2.24) is 9.13 Å². The van der Waals surface area contributed by atoms with Crippen molar-refractivity contribution in [3.63, 3.8) is 0 Å². The molecular formula is C14H23N2O5P. The first-order valence-corrected chi connectivity index (χ1v) is 10.1. The number of aromatic nitrogens is 2. The summed E-state index contributed by atoms with van der Waals surface area (Å²) in [5, 5.41) is 20.3. The summed E-state index contributed by atoms with van der Waals surface area (Å²) in [5.41, 5.74) is -1.02. The summed E-state index contributed by atoms with van der Waals surface area (Å²) >= 11 is 0. The average Bonchev–Trinajstić information content (AvgIpc) is 2.70. The lowest BCUT2D eigenvalue weighted by Crippen LogP contribution is -2.41. The van der Waals surface area contributed by atoms with Crippen LogP contribution in [-0.2, 0) is 11.8 Å². The minimum atomic E-state index is -1.27. The molecule has 0 aromatic carbocycles. The van der Waals surface area contributed by atoms with Crippen LogP contribution in [0.4, 0.5) is 0 Å². The highest BCUT2D eigenvalue weighted by Gasteiger charge is 2.43. The minimum Gasteiger partial charge on any atom is -0.388 e. The van der Waals surface area contributed by atoms with E-state index in [4.69, 9.17) is 4.74 Å². The fourth-order valence-corrected chi connectivity index (χ4v) is 3.41. The van der Waals surface area contributed by atoms with Crippen LogP contribution in [0.1, 0.15) is 12.6 Å². The van der Waals surface area contributed by atoms with Crippen molar-refractivity contribution in [3.8, 4) is 0 Å². The molecule has 7 nitrogen and oxygen atoms in total. The highest BCUT2D eigenvalue weighted by molar-refractivity contribution is 7.72. The lowest BCUT2D eigenvalue weighted by atomic mass is 10.1. The standard InChI is InChI=1S/C14H23N2O5P/c1-15-10(17)5-7-16(14(15)20)13-12(19)11(18)9(21-13)6-8-22(2,3)4/h5,7,9,11-13,18-19H,2,6,8H2,1,3-4H3/t9-,11-,12-,13-/m1/s1. The first-order chi connectivity index (χ1) is 10.1. The van der Waals surface area contributed by atoms with Crippen LogP contribution in [0.3, 0.4) is 0 Å². The number of nitrogens with zero attached hydrogens (tertiary/aromatic N) is 2. The predicted octanol–water partition coefficient (Wildman–Crippen LogP) is -0.734. The van der Waals surface area contributed by atoms with Gasteiger partial charge in [-0.1, -0.05) is 0 Å². The number of rotatable bonds is 4. The maximum Gasteiger partial charge on any atom is 0.332 e. The molecule has 0 amide bonds. The molecule has 1 fully saturated rings. The van der Waals surface area contributed by atoms with Gasteiger partial charge in [-0.15, -0.1) is 13.2 Å². The Morgan fingerprint density at radius 2 is 1.95 bits per heavy atom. The van der Waals surface area contributed by atoms with Gasteiger partial charge >= 0.3 is 5.69 Å². The molecule has 124 valence electrons. The summed E-state index contributed by atoms with van der Waals surface area (Å²) in [6.45, 7) is 2.90. The maximum atomic E-state index is 12.1. The molecule has 1 aromatic rings. The van der Waals surface area contributed by atoms with Crippen molar-refractivity contribution in [3.05, 3.63) is 33.1 Å². The second-order valence-corrected chi connectivity index (χ2v) is 10.7. The van der Waals surface area contributed by atoms with Gasteiger partial charge in [0.15, 0.2) is 6.23 Å². The molecule has 1 aliphatic rings. The monoisotopic (exact) mass is 330 g/mol. The molecule has 0 bridgehead atoms. The van der Waals surface area contributed by atoms with Crippen molar-refractivity contribution in [2.24, 2.45) is 7.05 Å². The topological polar surface area (TPSA) is 93.7 Å². The van der Waals surface area contributed by atoms with Crippen molar-refractivity contribution in [2.75, 3.05) is 19.5 Å². The molecule has 1 aliphatic heterocycles. The Morgan fingerprint density at radius 1 is 1.32 bits per heavy atom. The Hall–Kier alpha value is -1.14. The van der Waals surface area contributed by atoms with Crippen LogP contribution >= 0.6 is 6.89 Å². The number of ether oxygens (including phenoxy) is 1. The van der Waals surface area contributed by atoms with Gasteiger partial charge in [-0.2, -0.15) is 0 Å². The van der Waals surface area contributed by atoms with E-state index < -0.39 is 42.7 Å². The minimum absolute atomic E-state index is 0.436. The summed E-state index contributed by atoms with van der Waals surface area (Å²) < 4.78 is 7.75. The molecule has 8 heteroatoms. The van der Waals surface area contributed by atoms with Gasteiger partial charge in [0, 0.05) is 19.3 Å². The van der Waals surface area contributed by atoms with Crippen LogP contribution in [0, 0.1) is 0 Å². The van der Waals surface area contributed by atoms with E-state index in [0.29, 0.717) is 6.42 Å². The van der Waals surface area contributed by atoms with E-state index in [9.17, 15) is 19.8 Å². The van der Waals surface area contributed by atoms with E-state index in [2.05, 4.69) is 19.6 Å². The van der Waals surface area contributed by atoms with E-state index in [1.54, 1.807) is 0 Å². The summed E-state index contributed by atoms with van der Waals surface area (Å²) in [4.78, 5) is 23.5. The van der Waals surface area contributed by atoms with Crippen molar-refractivity contribution in [1.29, 1.82) is 0 Å². The molecule has 22 heavy (non-hydrogen) atoms. The van der Waals surface area contributed by atoms with Gasteiger partial charge < -0.3 is 14.9 Å². The predicted molar refractivity (Wildman–Crippen MR) is 87.2 cm³/mol. The van der Waals surface area contributed by atoms with E-state index in [1.807, 2.05) is 0 Å². The number of hydrogen-bond donors (Lipinski definition) is 2. The van der Waals surface area contributed by atoms with E-state index >= 15 is 0 Å². The normalized spacial score (nSPS) is 29.0. The lowest BCUT2D eigenvalue weighted by Gasteiger charge is -2.19. The molecular weight excluding hydrogens is 307 g/mol. The third-order valence-electron chi connectivity index (χ3n) is 3.85. The van der Waals surface area contributed by atoms with Crippen LogP contribution in [0.25, 0.3) is 0 Å². The van der Waals surface area contributed by atoms with Gasteiger partial charge in [-0.3, -0.25) is 13.9 Å². The van der Waals surface area contributed by atoms with Gasteiger partial charge in [-0.05, 0) is 25.9 Å². The molecule has 2 N–H and O–H groups in total. The molecule has 1 aromatic heterocycles. The van der Waals surface area contributed by atoms with E-state index in [1.165, 1.54) is 19.3 Å². The van der Waals surface area contributed by atoms with Gasteiger partial charge in [-0.25, -0.2) is 4.79 Å². The summed E-state index contributed by atoms with van der Waals surface area (Å²) in [7, 11) is 1.35. The second-order valence-electron chi connectivity index (χ2n) is 6.40. The molecule has 2 rings (SSSR count). The zero-order valence-electron chi connectivity index (χ0n) is 13.0. The molecule has 0 aliphatic carbocycles. The Balaban J connectivity index is 2.24.